The van der Waals surface area contributed by atoms with E-state index in [9.17, 15) is 9.59 Å². The molecule has 0 atom stereocenters. The molecule has 30 heavy (non-hydrogen) atoms. The third-order valence-corrected chi connectivity index (χ3v) is 4.14. The van der Waals surface area contributed by atoms with Crippen LogP contribution in [0.15, 0.2) is 76.9 Å². The Morgan fingerprint density at radius 2 is 1.17 bits per heavy atom. The van der Waals surface area contributed by atoms with Crippen LogP contribution in [0, 0.1) is 0 Å². The number of pyridine rings is 1. The van der Waals surface area contributed by atoms with Gasteiger partial charge in [0, 0.05) is 10.0 Å². The van der Waals surface area contributed by atoms with Crippen molar-refractivity contribution < 1.29 is 9.59 Å². The second-order valence-corrected chi connectivity index (χ2v) is 6.79. The zero-order valence-corrected chi connectivity index (χ0v) is 16.9. The van der Waals surface area contributed by atoms with Crippen molar-refractivity contribution in [3.8, 4) is 0 Å². The first-order chi connectivity index (χ1) is 14.5. The summed E-state index contributed by atoms with van der Waals surface area (Å²) in [5.74, 6) is -1.13. The summed E-state index contributed by atoms with van der Waals surface area (Å²) in [6, 6.07) is 18.4. The van der Waals surface area contributed by atoms with Crippen LogP contribution in [0.5, 0.6) is 0 Å². The Balaban J connectivity index is 1.60. The van der Waals surface area contributed by atoms with Crippen LogP contribution in [0.25, 0.3) is 0 Å². The van der Waals surface area contributed by atoms with Gasteiger partial charge in [-0.1, -0.05) is 53.5 Å². The maximum absolute atomic E-state index is 12.2. The van der Waals surface area contributed by atoms with Gasteiger partial charge in [0.25, 0.3) is 11.8 Å². The molecule has 2 amide bonds. The standard InChI is InChI=1S/C21H15Cl2N5O2/c22-16-6-1-4-14(10-16)12-24-27-20(29)18-8-3-9-19(26-18)21(30)28-25-13-15-5-2-7-17(23)11-15/h1-13H,(H,27,29)(H,28,30)/b24-12+,25-13+. The molecule has 0 saturated heterocycles. The Morgan fingerprint density at radius 3 is 1.60 bits per heavy atom. The lowest BCUT2D eigenvalue weighted by molar-refractivity contribution is 0.0946. The molecule has 0 radical (unpaired) electrons. The highest BCUT2D eigenvalue weighted by atomic mass is 35.5. The number of aromatic nitrogens is 1. The van der Waals surface area contributed by atoms with E-state index in [0.29, 0.717) is 10.0 Å². The van der Waals surface area contributed by atoms with Gasteiger partial charge in [-0.3, -0.25) is 9.59 Å². The van der Waals surface area contributed by atoms with Crippen LogP contribution in [-0.2, 0) is 0 Å². The monoisotopic (exact) mass is 439 g/mol. The smallest absolute Gasteiger partial charge is 0.266 e. The van der Waals surface area contributed by atoms with Crippen LogP contribution in [0.1, 0.15) is 32.1 Å². The molecule has 2 N–H and O–H groups in total. The number of halogens is 2. The molecule has 0 aliphatic rings. The predicted molar refractivity (Wildman–Crippen MR) is 117 cm³/mol. The van der Waals surface area contributed by atoms with Crippen LogP contribution in [0.3, 0.4) is 0 Å². The van der Waals surface area contributed by atoms with Gasteiger partial charge in [0.15, 0.2) is 0 Å². The maximum Gasteiger partial charge on any atom is 0.289 e. The fourth-order valence-corrected chi connectivity index (χ4v) is 2.70. The quantitative estimate of drug-likeness (QED) is 0.449. The Morgan fingerprint density at radius 1 is 0.733 bits per heavy atom. The highest BCUT2D eigenvalue weighted by molar-refractivity contribution is 6.31. The van der Waals surface area contributed by atoms with Crippen LogP contribution in [0.2, 0.25) is 10.0 Å². The number of amides is 2. The molecule has 0 unspecified atom stereocenters. The lowest BCUT2D eigenvalue weighted by Crippen LogP contribution is -2.23. The number of carbonyl (C=O) groups is 2. The second-order valence-electron chi connectivity index (χ2n) is 5.92. The van der Waals surface area contributed by atoms with E-state index < -0.39 is 11.8 Å². The van der Waals surface area contributed by atoms with Gasteiger partial charge in [0.05, 0.1) is 12.4 Å². The molecule has 7 nitrogen and oxygen atoms in total. The number of benzene rings is 2. The molecule has 0 aliphatic heterocycles. The van der Waals surface area contributed by atoms with Crippen molar-refractivity contribution in [3.63, 3.8) is 0 Å². The highest BCUT2D eigenvalue weighted by Gasteiger charge is 2.11. The average Bonchev–Trinajstić information content (AvgIpc) is 2.74. The fraction of sp³-hybridized carbons (Fsp3) is 0. The van der Waals surface area contributed by atoms with Gasteiger partial charge in [0.2, 0.25) is 0 Å². The first-order valence-corrected chi connectivity index (χ1v) is 9.42. The van der Waals surface area contributed by atoms with Gasteiger partial charge in [-0.05, 0) is 47.5 Å². The summed E-state index contributed by atoms with van der Waals surface area (Å²) in [7, 11) is 0. The third-order valence-electron chi connectivity index (χ3n) is 3.67. The Bertz CT molecular complexity index is 1050. The highest BCUT2D eigenvalue weighted by Crippen LogP contribution is 2.09. The summed E-state index contributed by atoms with van der Waals surface area (Å²) in [4.78, 5) is 28.5. The molecule has 0 aliphatic carbocycles. The van der Waals surface area contributed by atoms with E-state index >= 15 is 0 Å². The van der Waals surface area contributed by atoms with E-state index in [1.54, 1.807) is 48.5 Å². The van der Waals surface area contributed by atoms with Gasteiger partial charge in [-0.2, -0.15) is 10.2 Å². The van der Waals surface area contributed by atoms with Crippen LogP contribution < -0.4 is 10.9 Å². The van der Waals surface area contributed by atoms with Crippen molar-refractivity contribution in [2.75, 3.05) is 0 Å². The predicted octanol–water partition coefficient (Wildman–Crippen LogP) is 3.92. The summed E-state index contributed by atoms with van der Waals surface area (Å²) in [5.41, 5.74) is 6.22. The van der Waals surface area contributed by atoms with Crippen molar-refractivity contribution in [1.82, 2.24) is 15.8 Å². The first kappa shape index (κ1) is 21.2. The zero-order chi connectivity index (χ0) is 21.3. The molecule has 0 fully saturated rings. The molecule has 0 spiro atoms. The Kier molecular flexibility index (Phi) is 7.26. The Hall–Kier alpha value is -3.55. The largest absolute Gasteiger partial charge is 0.289 e. The molecule has 1 aromatic heterocycles. The van der Waals surface area contributed by atoms with Crippen molar-refractivity contribution in [1.29, 1.82) is 0 Å². The minimum absolute atomic E-state index is 0.0321. The van der Waals surface area contributed by atoms with Gasteiger partial charge in [-0.15, -0.1) is 0 Å². The van der Waals surface area contributed by atoms with E-state index in [1.165, 1.54) is 30.6 Å². The summed E-state index contributed by atoms with van der Waals surface area (Å²) >= 11 is 11.8. The van der Waals surface area contributed by atoms with E-state index in [-0.39, 0.29) is 11.4 Å². The minimum atomic E-state index is -0.564. The number of nitrogens with zero attached hydrogens (tertiary/aromatic N) is 3. The number of carbonyl (C=O) groups excluding carboxylic acids is 2. The fourth-order valence-electron chi connectivity index (χ4n) is 2.31. The van der Waals surface area contributed by atoms with Crippen molar-refractivity contribution in [2.24, 2.45) is 10.2 Å². The van der Waals surface area contributed by atoms with Gasteiger partial charge in [-0.25, -0.2) is 15.8 Å². The second kappa shape index (κ2) is 10.3. The number of hydrazone groups is 2. The average molecular weight is 440 g/mol. The van der Waals surface area contributed by atoms with E-state index in [1.807, 2.05) is 0 Å². The molecule has 3 rings (SSSR count). The van der Waals surface area contributed by atoms with E-state index in [2.05, 4.69) is 26.0 Å². The zero-order valence-electron chi connectivity index (χ0n) is 15.4. The minimum Gasteiger partial charge on any atom is -0.266 e. The van der Waals surface area contributed by atoms with Crippen LogP contribution >= 0.6 is 23.2 Å². The SMILES string of the molecule is O=C(N/N=C/c1cccc(Cl)c1)c1cccc(C(=O)N/N=C/c2cccc(Cl)c2)n1. The molecular weight excluding hydrogens is 425 g/mol. The maximum atomic E-state index is 12.2. The molecule has 1 heterocycles. The number of hydrogen-bond acceptors (Lipinski definition) is 5. The van der Waals surface area contributed by atoms with Crippen LogP contribution in [0.4, 0.5) is 0 Å². The molecule has 2 aromatic carbocycles. The lowest BCUT2D eigenvalue weighted by atomic mass is 10.2. The molecule has 0 saturated carbocycles. The first-order valence-electron chi connectivity index (χ1n) is 8.66. The summed E-state index contributed by atoms with van der Waals surface area (Å²) < 4.78 is 0. The normalized spacial score (nSPS) is 11.0. The molecule has 0 bridgehead atoms. The van der Waals surface area contributed by atoms with Crippen molar-refractivity contribution in [2.45, 2.75) is 0 Å². The number of rotatable bonds is 6. The lowest BCUT2D eigenvalue weighted by Gasteiger charge is -2.03. The number of hydrogen-bond donors (Lipinski definition) is 2. The van der Waals surface area contributed by atoms with E-state index in [4.69, 9.17) is 23.2 Å². The molecule has 9 heteroatoms. The molecular formula is C21H15Cl2N5O2. The van der Waals surface area contributed by atoms with Crippen molar-refractivity contribution in [3.05, 3.63) is 99.3 Å². The summed E-state index contributed by atoms with van der Waals surface area (Å²) in [6.45, 7) is 0. The van der Waals surface area contributed by atoms with Gasteiger partial charge in [0.1, 0.15) is 11.4 Å². The van der Waals surface area contributed by atoms with Gasteiger partial charge >= 0.3 is 0 Å². The topological polar surface area (TPSA) is 95.8 Å². The molecule has 3 aromatic rings. The number of nitrogens with one attached hydrogen (secondary N) is 2. The van der Waals surface area contributed by atoms with E-state index in [0.717, 1.165) is 11.1 Å². The summed E-state index contributed by atoms with van der Waals surface area (Å²) in [5, 5.41) is 8.85. The third kappa shape index (κ3) is 6.23. The Labute approximate surface area is 182 Å². The molecule has 150 valence electrons. The van der Waals surface area contributed by atoms with Crippen molar-refractivity contribution >= 4 is 47.4 Å². The summed E-state index contributed by atoms with van der Waals surface area (Å²) in [6.07, 6.45) is 2.90. The van der Waals surface area contributed by atoms with Crippen LogP contribution in [-0.4, -0.2) is 29.2 Å². The van der Waals surface area contributed by atoms with Gasteiger partial charge < -0.3 is 0 Å².